The lowest BCUT2D eigenvalue weighted by Gasteiger charge is -2.12. The first-order valence-electron chi connectivity index (χ1n) is 4.37. The number of ether oxygens (including phenoxy) is 1. The molecule has 4 heteroatoms. The Morgan fingerprint density at radius 3 is 3.00 bits per heavy atom. The third kappa shape index (κ3) is 3.59. The molecule has 1 aromatic rings. The van der Waals surface area contributed by atoms with Crippen LogP contribution in [0.3, 0.4) is 0 Å². The molecule has 0 bridgehead atoms. The van der Waals surface area contributed by atoms with Crippen LogP contribution >= 0.6 is 11.6 Å². The smallest absolute Gasteiger partial charge is 0.155 e. The molecule has 0 spiro atoms. The third-order valence-electron chi connectivity index (χ3n) is 1.63. The number of halogens is 1. The van der Waals surface area contributed by atoms with Crippen LogP contribution in [-0.4, -0.2) is 16.3 Å². The van der Waals surface area contributed by atoms with Gasteiger partial charge in [0.25, 0.3) is 0 Å². The van der Waals surface area contributed by atoms with Crippen molar-refractivity contribution in [1.29, 1.82) is 0 Å². The minimum Gasteiger partial charge on any atom is -0.489 e. The molecule has 1 heterocycles. The minimum atomic E-state index is 0.199. The Morgan fingerprint density at radius 1 is 1.62 bits per heavy atom. The monoisotopic (exact) mass is 200 g/mol. The summed E-state index contributed by atoms with van der Waals surface area (Å²) in [6.07, 6.45) is 3.90. The molecule has 1 rings (SSSR count). The van der Waals surface area contributed by atoms with Gasteiger partial charge in [0, 0.05) is 6.07 Å². The maximum Gasteiger partial charge on any atom is 0.155 e. The first kappa shape index (κ1) is 10.3. The predicted octanol–water partition coefficient (Wildman–Crippen LogP) is 2.70. The Kier molecular flexibility index (Phi) is 3.96. The summed E-state index contributed by atoms with van der Waals surface area (Å²) >= 11 is 5.65. The van der Waals surface area contributed by atoms with E-state index in [1.807, 2.05) is 6.92 Å². The molecule has 0 aliphatic rings. The van der Waals surface area contributed by atoms with Crippen LogP contribution in [0.15, 0.2) is 12.3 Å². The van der Waals surface area contributed by atoms with Gasteiger partial charge in [-0.2, -0.15) is 5.10 Å². The van der Waals surface area contributed by atoms with Crippen molar-refractivity contribution in [2.24, 2.45) is 0 Å². The summed E-state index contributed by atoms with van der Waals surface area (Å²) in [6, 6.07) is 1.67. The summed E-state index contributed by atoms with van der Waals surface area (Å²) in [7, 11) is 0. The Hall–Kier alpha value is -0.830. The van der Waals surface area contributed by atoms with Crippen LogP contribution < -0.4 is 4.74 Å². The van der Waals surface area contributed by atoms with Gasteiger partial charge in [-0.1, -0.05) is 24.9 Å². The molecule has 0 saturated heterocycles. The van der Waals surface area contributed by atoms with E-state index in [1.165, 1.54) is 0 Å². The van der Waals surface area contributed by atoms with E-state index < -0.39 is 0 Å². The van der Waals surface area contributed by atoms with Crippen LogP contribution in [0.4, 0.5) is 0 Å². The maximum atomic E-state index is 5.65. The first-order valence-corrected chi connectivity index (χ1v) is 4.75. The quantitative estimate of drug-likeness (QED) is 0.750. The molecule has 0 amide bonds. The molecular weight excluding hydrogens is 188 g/mol. The molecule has 0 saturated carbocycles. The van der Waals surface area contributed by atoms with E-state index in [2.05, 4.69) is 17.1 Å². The highest BCUT2D eigenvalue weighted by Crippen LogP contribution is 2.15. The molecule has 0 fully saturated rings. The Bertz CT molecular complexity index is 268. The normalized spacial score (nSPS) is 12.5. The Balaban J connectivity index is 2.53. The maximum absolute atomic E-state index is 5.65. The number of hydrogen-bond donors (Lipinski definition) is 0. The van der Waals surface area contributed by atoms with Crippen LogP contribution in [0.25, 0.3) is 0 Å². The molecular formula is C9H13ClN2O. The molecule has 0 unspecified atom stereocenters. The summed E-state index contributed by atoms with van der Waals surface area (Å²) in [5.74, 6) is 0.681. The molecule has 0 aromatic carbocycles. The van der Waals surface area contributed by atoms with Gasteiger partial charge >= 0.3 is 0 Å². The highest BCUT2D eigenvalue weighted by Gasteiger charge is 2.03. The summed E-state index contributed by atoms with van der Waals surface area (Å²) in [6.45, 7) is 4.15. The molecule has 3 nitrogen and oxygen atoms in total. The van der Waals surface area contributed by atoms with Crippen LogP contribution in [0.5, 0.6) is 5.75 Å². The fraction of sp³-hybridized carbons (Fsp3) is 0.556. The van der Waals surface area contributed by atoms with E-state index in [9.17, 15) is 0 Å². The Labute approximate surface area is 83.1 Å². The van der Waals surface area contributed by atoms with Gasteiger partial charge in [-0.05, 0) is 13.3 Å². The zero-order chi connectivity index (χ0) is 9.68. The zero-order valence-corrected chi connectivity index (χ0v) is 8.58. The average Bonchev–Trinajstić information content (AvgIpc) is 2.04. The van der Waals surface area contributed by atoms with Gasteiger partial charge in [-0.25, -0.2) is 0 Å². The van der Waals surface area contributed by atoms with Crippen molar-refractivity contribution in [3.05, 3.63) is 17.4 Å². The summed E-state index contributed by atoms with van der Waals surface area (Å²) in [5, 5.41) is 7.68. The zero-order valence-electron chi connectivity index (χ0n) is 7.83. The predicted molar refractivity (Wildman–Crippen MR) is 52.0 cm³/mol. The van der Waals surface area contributed by atoms with Crippen molar-refractivity contribution in [1.82, 2.24) is 10.2 Å². The van der Waals surface area contributed by atoms with Crippen molar-refractivity contribution < 1.29 is 4.74 Å². The highest BCUT2D eigenvalue weighted by atomic mass is 35.5. The largest absolute Gasteiger partial charge is 0.489 e. The number of hydrogen-bond acceptors (Lipinski definition) is 3. The number of rotatable bonds is 4. The van der Waals surface area contributed by atoms with E-state index in [1.54, 1.807) is 12.3 Å². The third-order valence-corrected chi connectivity index (χ3v) is 1.82. The first-order chi connectivity index (χ1) is 6.22. The van der Waals surface area contributed by atoms with Crippen molar-refractivity contribution in [2.75, 3.05) is 0 Å². The fourth-order valence-electron chi connectivity index (χ4n) is 1.09. The lowest BCUT2D eigenvalue weighted by molar-refractivity contribution is 0.209. The minimum absolute atomic E-state index is 0.199. The van der Waals surface area contributed by atoms with E-state index >= 15 is 0 Å². The standard InChI is InChI=1S/C9H13ClN2O/c1-3-4-7(2)13-8-5-9(10)12-11-6-8/h5-7H,3-4H2,1-2H3/t7-/m0/s1. The second kappa shape index (κ2) is 5.02. The van der Waals surface area contributed by atoms with Gasteiger partial charge in [0.2, 0.25) is 0 Å². The van der Waals surface area contributed by atoms with Crippen molar-refractivity contribution in [2.45, 2.75) is 32.8 Å². The second-order valence-corrected chi connectivity index (χ2v) is 3.32. The number of aromatic nitrogens is 2. The molecule has 72 valence electrons. The van der Waals surface area contributed by atoms with E-state index in [0.29, 0.717) is 10.9 Å². The van der Waals surface area contributed by atoms with Gasteiger partial charge in [-0.15, -0.1) is 5.10 Å². The van der Waals surface area contributed by atoms with E-state index in [4.69, 9.17) is 16.3 Å². The molecule has 1 aromatic heterocycles. The number of nitrogens with zero attached hydrogens (tertiary/aromatic N) is 2. The van der Waals surface area contributed by atoms with Crippen molar-refractivity contribution >= 4 is 11.6 Å². The molecule has 0 N–H and O–H groups in total. The molecule has 0 aliphatic heterocycles. The van der Waals surface area contributed by atoms with E-state index in [-0.39, 0.29) is 6.10 Å². The lowest BCUT2D eigenvalue weighted by Crippen LogP contribution is -2.11. The van der Waals surface area contributed by atoms with Crippen LogP contribution in [0.2, 0.25) is 5.15 Å². The lowest BCUT2D eigenvalue weighted by atomic mass is 10.2. The van der Waals surface area contributed by atoms with Crippen LogP contribution in [-0.2, 0) is 0 Å². The SMILES string of the molecule is CCC[C@H](C)Oc1cnnc(Cl)c1. The fourth-order valence-corrected chi connectivity index (χ4v) is 1.24. The second-order valence-electron chi connectivity index (χ2n) is 2.93. The average molecular weight is 201 g/mol. The van der Waals surface area contributed by atoms with Gasteiger partial charge < -0.3 is 4.74 Å². The molecule has 0 radical (unpaired) electrons. The van der Waals surface area contributed by atoms with Crippen molar-refractivity contribution in [3.8, 4) is 5.75 Å². The summed E-state index contributed by atoms with van der Waals surface area (Å²) < 4.78 is 5.55. The molecule has 0 aliphatic carbocycles. The highest BCUT2D eigenvalue weighted by molar-refractivity contribution is 6.29. The molecule has 1 atom stereocenters. The van der Waals surface area contributed by atoms with Gasteiger partial charge in [-0.3, -0.25) is 0 Å². The molecule has 13 heavy (non-hydrogen) atoms. The van der Waals surface area contributed by atoms with E-state index in [0.717, 1.165) is 12.8 Å². The van der Waals surface area contributed by atoms with Crippen LogP contribution in [0, 0.1) is 0 Å². The topological polar surface area (TPSA) is 35.0 Å². The summed E-state index contributed by atoms with van der Waals surface area (Å²) in [5.41, 5.74) is 0. The van der Waals surface area contributed by atoms with Crippen LogP contribution in [0.1, 0.15) is 26.7 Å². The van der Waals surface area contributed by atoms with Gasteiger partial charge in [0.05, 0.1) is 12.3 Å². The van der Waals surface area contributed by atoms with Gasteiger partial charge in [0.1, 0.15) is 5.75 Å². The van der Waals surface area contributed by atoms with Crippen molar-refractivity contribution in [3.63, 3.8) is 0 Å². The Morgan fingerprint density at radius 2 is 2.38 bits per heavy atom. The summed E-state index contributed by atoms with van der Waals surface area (Å²) in [4.78, 5) is 0. The van der Waals surface area contributed by atoms with Gasteiger partial charge in [0.15, 0.2) is 5.15 Å².